The number of anilines is 2. The van der Waals surface area contributed by atoms with E-state index >= 15 is 0 Å². The van der Waals surface area contributed by atoms with Crippen LogP contribution >= 0.6 is 11.6 Å². The number of carbonyl (C=O) groups is 1. The molecule has 1 heterocycles. The summed E-state index contributed by atoms with van der Waals surface area (Å²) < 4.78 is 44.9. The first kappa shape index (κ1) is 19.6. The van der Waals surface area contributed by atoms with E-state index in [1.165, 1.54) is 46.8 Å². The Morgan fingerprint density at radius 3 is 2.41 bits per heavy atom. The Balaban J connectivity index is 1.76. The number of carbonyl (C=O) groups excluding carboxylic acids is 1. The zero-order valence-corrected chi connectivity index (χ0v) is 15.7. The third kappa shape index (κ3) is 4.75. The van der Waals surface area contributed by atoms with Gasteiger partial charge in [0.25, 0.3) is 0 Å². The number of ether oxygens (including phenoxy) is 1. The quantitative estimate of drug-likeness (QED) is 0.806. The normalized spacial score (nSPS) is 15.3. The van der Waals surface area contributed by atoms with Gasteiger partial charge >= 0.3 is 6.03 Å². The van der Waals surface area contributed by atoms with Crippen molar-refractivity contribution in [3.8, 4) is 0 Å². The minimum Gasteiger partial charge on any atom is -0.379 e. The third-order valence-electron chi connectivity index (χ3n) is 3.90. The molecule has 0 atom stereocenters. The van der Waals surface area contributed by atoms with Crippen LogP contribution in [-0.4, -0.2) is 45.1 Å². The zero-order valence-electron chi connectivity index (χ0n) is 14.1. The first-order valence-electron chi connectivity index (χ1n) is 8.07. The number of hydrogen-bond acceptors (Lipinski definition) is 4. The molecule has 2 amide bonds. The van der Waals surface area contributed by atoms with Crippen LogP contribution in [0.4, 0.5) is 20.6 Å². The second-order valence-corrected chi connectivity index (χ2v) is 8.09. The van der Waals surface area contributed by atoms with Crippen molar-refractivity contribution in [3.05, 3.63) is 53.3 Å². The molecule has 0 bridgehead atoms. The number of nitrogens with one attached hydrogen (secondary N) is 2. The number of sulfonamides is 1. The fourth-order valence-corrected chi connectivity index (χ4v) is 4.11. The van der Waals surface area contributed by atoms with Crippen LogP contribution in [-0.2, 0) is 14.8 Å². The monoisotopic (exact) mass is 413 g/mol. The van der Waals surface area contributed by atoms with Crippen molar-refractivity contribution in [1.29, 1.82) is 0 Å². The summed E-state index contributed by atoms with van der Waals surface area (Å²) in [5.74, 6) is -0.426. The number of halogens is 2. The van der Waals surface area contributed by atoms with Crippen molar-refractivity contribution < 1.29 is 22.3 Å². The molecular weight excluding hydrogens is 397 g/mol. The summed E-state index contributed by atoms with van der Waals surface area (Å²) >= 11 is 6.08. The molecule has 0 spiro atoms. The lowest BCUT2D eigenvalue weighted by molar-refractivity contribution is 0.0730. The lowest BCUT2D eigenvalue weighted by Crippen LogP contribution is -2.40. The first-order valence-corrected chi connectivity index (χ1v) is 9.89. The van der Waals surface area contributed by atoms with Gasteiger partial charge in [-0.1, -0.05) is 11.6 Å². The van der Waals surface area contributed by atoms with Gasteiger partial charge in [0.2, 0.25) is 10.0 Å². The SMILES string of the molecule is O=C(Nc1ccc(F)cc1)Nc1cc(S(=O)(=O)N2CCOCC2)ccc1Cl. The lowest BCUT2D eigenvalue weighted by atomic mass is 10.3. The summed E-state index contributed by atoms with van der Waals surface area (Å²) in [6, 6.07) is 8.67. The largest absolute Gasteiger partial charge is 0.379 e. The predicted octanol–water partition coefficient (Wildman–Crippen LogP) is 3.14. The molecule has 1 aliphatic rings. The van der Waals surface area contributed by atoms with Crippen molar-refractivity contribution in [2.75, 3.05) is 36.9 Å². The molecule has 1 aliphatic heterocycles. The standard InChI is InChI=1S/C17H17ClFN3O4S/c18-15-6-5-14(27(24,25)22-7-9-26-10-8-22)11-16(15)21-17(23)20-13-3-1-12(19)2-4-13/h1-6,11H,7-10H2,(H2,20,21,23). The Labute approximate surface area is 161 Å². The number of benzene rings is 2. The van der Waals surface area contributed by atoms with Crippen LogP contribution in [0.5, 0.6) is 0 Å². The van der Waals surface area contributed by atoms with Crippen LogP contribution in [0.15, 0.2) is 47.4 Å². The summed E-state index contributed by atoms with van der Waals surface area (Å²) in [6.45, 7) is 1.19. The summed E-state index contributed by atoms with van der Waals surface area (Å²) in [6.07, 6.45) is 0. The van der Waals surface area contributed by atoms with E-state index in [0.717, 1.165) is 0 Å². The number of hydrogen-bond donors (Lipinski definition) is 2. The van der Waals surface area contributed by atoms with Gasteiger partial charge < -0.3 is 15.4 Å². The van der Waals surface area contributed by atoms with Crippen LogP contribution in [0.2, 0.25) is 5.02 Å². The lowest BCUT2D eigenvalue weighted by Gasteiger charge is -2.26. The van der Waals surface area contributed by atoms with Crippen molar-refractivity contribution in [3.63, 3.8) is 0 Å². The summed E-state index contributed by atoms with van der Waals surface area (Å²) in [7, 11) is -3.72. The van der Waals surface area contributed by atoms with Crippen LogP contribution in [0.25, 0.3) is 0 Å². The summed E-state index contributed by atoms with van der Waals surface area (Å²) in [5, 5.41) is 5.21. The van der Waals surface area contributed by atoms with Crippen molar-refractivity contribution in [1.82, 2.24) is 4.31 Å². The Morgan fingerprint density at radius 2 is 1.74 bits per heavy atom. The van der Waals surface area contributed by atoms with E-state index in [1.807, 2.05) is 0 Å². The van der Waals surface area contributed by atoms with Gasteiger partial charge in [0.15, 0.2) is 0 Å². The van der Waals surface area contributed by atoms with E-state index in [1.54, 1.807) is 0 Å². The molecule has 3 rings (SSSR count). The fourth-order valence-electron chi connectivity index (χ4n) is 2.51. The minimum absolute atomic E-state index is 0.0193. The molecule has 7 nitrogen and oxygen atoms in total. The Hall–Kier alpha value is -2.20. The first-order chi connectivity index (χ1) is 12.9. The second kappa shape index (κ2) is 8.22. The maximum Gasteiger partial charge on any atom is 0.323 e. The van der Waals surface area contributed by atoms with E-state index in [9.17, 15) is 17.6 Å². The molecule has 0 radical (unpaired) electrons. The number of morpholine rings is 1. The molecule has 0 saturated carbocycles. The van der Waals surface area contributed by atoms with E-state index in [-0.39, 0.29) is 28.7 Å². The van der Waals surface area contributed by atoms with Gasteiger partial charge in [-0.3, -0.25) is 0 Å². The van der Waals surface area contributed by atoms with E-state index in [4.69, 9.17) is 16.3 Å². The van der Waals surface area contributed by atoms with Crippen molar-refractivity contribution in [2.24, 2.45) is 0 Å². The van der Waals surface area contributed by atoms with Crippen LogP contribution in [0.1, 0.15) is 0 Å². The van der Waals surface area contributed by atoms with Gasteiger partial charge in [0.05, 0.1) is 28.8 Å². The van der Waals surface area contributed by atoms with Crippen molar-refractivity contribution in [2.45, 2.75) is 4.90 Å². The molecule has 10 heteroatoms. The molecule has 0 aromatic heterocycles. The van der Waals surface area contributed by atoms with Gasteiger partial charge in [-0.25, -0.2) is 17.6 Å². The van der Waals surface area contributed by atoms with Gasteiger partial charge in [-0.05, 0) is 42.5 Å². The van der Waals surface area contributed by atoms with Gasteiger partial charge in [0.1, 0.15) is 5.82 Å². The van der Waals surface area contributed by atoms with Crippen LogP contribution in [0, 0.1) is 5.82 Å². The van der Waals surface area contributed by atoms with Gasteiger partial charge in [-0.15, -0.1) is 0 Å². The number of rotatable bonds is 4. The van der Waals surface area contributed by atoms with Crippen LogP contribution < -0.4 is 10.6 Å². The second-order valence-electron chi connectivity index (χ2n) is 5.74. The average Bonchev–Trinajstić information content (AvgIpc) is 2.66. The maximum atomic E-state index is 12.9. The topological polar surface area (TPSA) is 87.7 Å². The highest BCUT2D eigenvalue weighted by atomic mass is 35.5. The molecule has 1 fully saturated rings. The molecule has 2 aromatic carbocycles. The average molecular weight is 414 g/mol. The molecule has 144 valence electrons. The Kier molecular flexibility index (Phi) is 5.95. The highest BCUT2D eigenvalue weighted by Gasteiger charge is 2.27. The third-order valence-corrected chi connectivity index (χ3v) is 6.12. The predicted molar refractivity (Wildman–Crippen MR) is 100 cm³/mol. The number of amides is 2. The molecule has 0 aliphatic carbocycles. The van der Waals surface area contributed by atoms with E-state index in [2.05, 4.69) is 10.6 Å². The smallest absolute Gasteiger partial charge is 0.323 e. The highest BCUT2D eigenvalue weighted by Crippen LogP contribution is 2.27. The Morgan fingerprint density at radius 1 is 1.07 bits per heavy atom. The minimum atomic E-state index is -3.72. The summed E-state index contributed by atoms with van der Waals surface area (Å²) in [5.41, 5.74) is 0.521. The zero-order chi connectivity index (χ0) is 19.4. The van der Waals surface area contributed by atoms with E-state index in [0.29, 0.717) is 18.9 Å². The van der Waals surface area contributed by atoms with Crippen LogP contribution in [0.3, 0.4) is 0 Å². The molecular formula is C17H17ClFN3O4S. The molecule has 2 aromatic rings. The molecule has 2 N–H and O–H groups in total. The number of urea groups is 1. The molecule has 0 unspecified atom stereocenters. The highest BCUT2D eigenvalue weighted by molar-refractivity contribution is 7.89. The van der Waals surface area contributed by atoms with E-state index < -0.39 is 21.9 Å². The fraction of sp³-hybridized carbons (Fsp3) is 0.235. The molecule has 27 heavy (non-hydrogen) atoms. The molecule has 1 saturated heterocycles. The Bertz CT molecular complexity index is 932. The maximum absolute atomic E-state index is 12.9. The van der Waals surface area contributed by atoms with Gasteiger partial charge in [-0.2, -0.15) is 4.31 Å². The van der Waals surface area contributed by atoms with Crippen molar-refractivity contribution >= 4 is 39.0 Å². The van der Waals surface area contributed by atoms with Gasteiger partial charge in [0, 0.05) is 18.8 Å². The number of nitrogens with zero attached hydrogens (tertiary/aromatic N) is 1. The summed E-state index contributed by atoms with van der Waals surface area (Å²) in [4.78, 5) is 12.1.